The number of amides is 1. The monoisotopic (exact) mass is 356 g/mol. The van der Waals surface area contributed by atoms with Gasteiger partial charge in [-0.1, -0.05) is 0 Å². The second kappa shape index (κ2) is 6.53. The van der Waals surface area contributed by atoms with Gasteiger partial charge in [-0.25, -0.2) is 0 Å². The Labute approximate surface area is 131 Å². The summed E-state index contributed by atoms with van der Waals surface area (Å²) in [7, 11) is 1.66. The minimum absolute atomic E-state index is 0.0936. The summed E-state index contributed by atoms with van der Waals surface area (Å²) in [6.07, 6.45) is 3.07. The van der Waals surface area contributed by atoms with Crippen LogP contribution in [0.3, 0.4) is 0 Å². The van der Waals surface area contributed by atoms with E-state index in [0.717, 1.165) is 19.3 Å². The van der Waals surface area contributed by atoms with Crippen molar-refractivity contribution >= 4 is 27.5 Å². The van der Waals surface area contributed by atoms with E-state index in [9.17, 15) is 14.9 Å². The molecule has 0 bridgehead atoms. The van der Waals surface area contributed by atoms with Gasteiger partial charge < -0.3 is 10.1 Å². The lowest BCUT2D eigenvalue weighted by atomic mass is 10.0. The van der Waals surface area contributed by atoms with Crippen molar-refractivity contribution < 1.29 is 14.5 Å². The molecule has 1 fully saturated rings. The van der Waals surface area contributed by atoms with Crippen LogP contribution in [0.1, 0.15) is 29.6 Å². The van der Waals surface area contributed by atoms with Crippen molar-refractivity contribution in [1.29, 1.82) is 0 Å². The molecule has 0 aromatic heterocycles. The number of nitro benzene ring substituents is 1. The molecule has 0 radical (unpaired) electrons. The normalized spacial score (nSPS) is 15.5. The number of non-ortho nitro benzene ring substituents is 1. The number of carbonyl (C=O) groups is 1. The molecule has 0 atom stereocenters. The number of ether oxygens (including phenoxy) is 1. The summed E-state index contributed by atoms with van der Waals surface area (Å²) < 4.78 is 5.62. The van der Waals surface area contributed by atoms with Crippen molar-refractivity contribution in [3.63, 3.8) is 0 Å². The van der Waals surface area contributed by atoms with Gasteiger partial charge in [0, 0.05) is 36.9 Å². The lowest BCUT2D eigenvalue weighted by molar-refractivity contribution is -0.384. The Kier molecular flexibility index (Phi) is 4.95. The van der Waals surface area contributed by atoms with Crippen LogP contribution >= 0.6 is 15.9 Å². The predicted octanol–water partition coefficient (Wildman–Crippen LogP) is 2.90. The van der Waals surface area contributed by atoms with Gasteiger partial charge in [-0.3, -0.25) is 14.9 Å². The van der Waals surface area contributed by atoms with E-state index in [1.54, 1.807) is 7.11 Å². The summed E-state index contributed by atoms with van der Waals surface area (Å²) in [4.78, 5) is 22.5. The molecule has 0 aliphatic heterocycles. The fourth-order valence-corrected chi connectivity index (χ4v) is 2.60. The zero-order valence-corrected chi connectivity index (χ0v) is 13.3. The standard InChI is InChI=1S/C14H17BrN2O4/c1-21-7-6-14(4-5-14)9-16-13(18)11-8-10(17(19)20)2-3-12(11)15/h2-3,8H,4-7,9H2,1H3,(H,16,18). The van der Waals surface area contributed by atoms with Crippen molar-refractivity contribution in [2.75, 3.05) is 20.3 Å². The molecular weight excluding hydrogens is 340 g/mol. The average Bonchev–Trinajstić information content (AvgIpc) is 3.23. The van der Waals surface area contributed by atoms with E-state index in [0.29, 0.717) is 17.6 Å². The smallest absolute Gasteiger partial charge is 0.270 e. The second-order valence-electron chi connectivity index (χ2n) is 5.35. The van der Waals surface area contributed by atoms with E-state index in [1.165, 1.54) is 18.2 Å². The van der Waals surface area contributed by atoms with Crippen molar-refractivity contribution in [3.05, 3.63) is 38.3 Å². The Morgan fingerprint density at radius 1 is 1.52 bits per heavy atom. The third-order valence-corrected chi connectivity index (χ3v) is 4.51. The van der Waals surface area contributed by atoms with Crippen LogP contribution in [0.2, 0.25) is 0 Å². The quantitative estimate of drug-likeness (QED) is 0.601. The Morgan fingerprint density at radius 2 is 2.24 bits per heavy atom. The van der Waals surface area contributed by atoms with Crippen LogP contribution in [0.15, 0.2) is 22.7 Å². The first-order valence-electron chi connectivity index (χ1n) is 6.68. The highest BCUT2D eigenvalue weighted by Gasteiger charge is 2.42. The third-order valence-electron chi connectivity index (χ3n) is 3.82. The van der Waals surface area contributed by atoms with Gasteiger partial charge in [-0.15, -0.1) is 0 Å². The van der Waals surface area contributed by atoms with Crippen LogP contribution in [0.25, 0.3) is 0 Å². The first-order chi connectivity index (χ1) is 9.97. The van der Waals surface area contributed by atoms with Crippen LogP contribution in [-0.4, -0.2) is 31.1 Å². The first kappa shape index (κ1) is 15.9. The highest BCUT2D eigenvalue weighted by molar-refractivity contribution is 9.10. The Morgan fingerprint density at radius 3 is 2.81 bits per heavy atom. The molecule has 2 rings (SSSR count). The number of nitrogens with zero attached hydrogens (tertiary/aromatic N) is 1. The fourth-order valence-electron chi connectivity index (χ4n) is 2.17. The van der Waals surface area contributed by atoms with Crippen LogP contribution in [0.5, 0.6) is 0 Å². The van der Waals surface area contributed by atoms with Crippen LogP contribution in [0.4, 0.5) is 5.69 Å². The molecule has 1 saturated carbocycles. The Bertz CT molecular complexity index is 558. The number of methoxy groups -OCH3 is 1. The summed E-state index contributed by atoms with van der Waals surface area (Å²) in [5.74, 6) is -0.297. The molecular formula is C14H17BrN2O4. The minimum Gasteiger partial charge on any atom is -0.385 e. The van der Waals surface area contributed by atoms with Gasteiger partial charge in [-0.05, 0) is 46.7 Å². The number of hydrogen-bond donors (Lipinski definition) is 1. The SMILES string of the molecule is COCCC1(CNC(=O)c2cc([N+](=O)[O-])ccc2Br)CC1. The van der Waals surface area contributed by atoms with Crippen LogP contribution in [0, 0.1) is 15.5 Å². The molecule has 1 amide bonds. The summed E-state index contributed by atoms with van der Waals surface area (Å²) in [5.41, 5.74) is 0.328. The van der Waals surface area contributed by atoms with Gasteiger partial charge in [0.1, 0.15) is 0 Å². The van der Waals surface area contributed by atoms with Crippen molar-refractivity contribution in [1.82, 2.24) is 5.32 Å². The van der Waals surface area contributed by atoms with Crippen molar-refractivity contribution in [2.45, 2.75) is 19.3 Å². The van der Waals surface area contributed by atoms with Gasteiger partial charge in [0.25, 0.3) is 11.6 Å². The number of halogens is 1. The lowest BCUT2D eigenvalue weighted by Crippen LogP contribution is -2.31. The molecule has 1 N–H and O–H groups in total. The van der Waals surface area contributed by atoms with Gasteiger partial charge in [-0.2, -0.15) is 0 Å². The van der Waals surface area contributed by atoms with Gasteiger partial charge in [0.05, 0.1) is 10.5 Å². The molecule has 0 heterocycles. The number of carbonyl (C=O) groups excluding carboxylic acids is 1. The first-order valence-corrected chi connectivity index (χ1v) is 7.48. The largest absolute Gasteiger partial charge is 0.385 e. The van der Waals surface area contributed by atoms with Gasteiger partial charge in [0.15, 0.2) is 0 Å². The highest BCUT2D eigenvalue weighted by Crippen LogP contribution is 2.48. The molecule has 0 saturated heterocycles. The summed E-state index contributed by atoms with van der Waals surface area (Å²) in [5, 5.41) is 13.6. The second-order valence-corrected chi connectivity index (χ2v) is 6.20. The Balaban J connectivity index is 2.00. The minimum atomic E-state index is -0.510. The van der Waals surface area contributed by atoms with E-state index in [4.69, 9.17) is 4.74 Å². The number of rotatable bonds is 7. The molecule has 6 nitrogen and oxygen atoms in total. The molecule has 1 aliphatic carbocycles. The molecule has 1 aliphatic rings. The number of nitro groups is 1. The van der Waals surface area contributed by atoms with Crippen LogP contribution in [-0.2, 0) is 4.74 Å². The lowest BCUT2D eigenvalue weighted by Gasteiger charge is -2.15. The molecule has 1 aromatic carbocycles. The fraction of sp³-hybridized carbons (Fsp3) is 0.500. The summed E-state index contributed by atoms with van der Waals surface area (Å²) >= 11 is 3.25. The van der Waals surface area contributed by atoms with Gasteiger partial charge >= 0.3 is 0 Å². The van der Waals surface area contributed by atoms with E-state index in [2.05, 4.69) is 21.2 Å². The molecule has 0 spiro atoms. The van der Waals surface area contributed by atoms with E-state index < -0.39 is 4.92 Å². The summed E-state index contributed by atoms with van der Waals surface area (Å²) in [6.45, 7) is 1.25. The maximum Gasteiger partial charge on any atom is 0.270 e. The van der Waals surface area contributed by atoms with E-state index >= 15 is 0 Å². The molecule has 114 valence electrons. The zero-order valence-electron chi connectivity index (χ0n) is 11.7. The van der Waals surface area contributed by atoms with E-state index in [1.807, 2.05) is 0 Å². The van der Waals surface area contributed by atoms with Gasteiger partial charge in [0.2, 0.25) is 0 Å². The van der Waals surface area contributed by atoms with E-state index in [-0.39, 0.29) is 22.6 Å². The maximum absolute atomic E-state index is 12.2. The van der Waals surface area contributed by atoms with Crippen molar-refractivity contribution in [3.8, 4) is 0 Å². The van der Waals surface area contributed by atoms with Crippen LogP contribution < -0.4 is 5.32 Å². The molecule has 7 heteroatoms. The molecule has 1 aromatic rings. The highest BCUT2D eigenvalue weighted by atomic mass is 79.9. The number of hydrogen-bond acceptors (Lipinski definition) is 4. The summed E-state index contributed by atoms with van der Waals surface area (Å²) in [6, 6.07) is 4.17. The Hall–Kier alpha value is -1.47. The predicted molar refractivity (Wildman–Crippen MR) is 81.3 cm³/mol. The average molecular weight is 357 g/mol. The number of benzene rings is 1. The number of nitrogens with one attached hydrogen (secondary N) is 1. The third kappa shape index (κ3) is 4.01. The van der Waals surface area contributed by atoms with Crippen molar-refractivity contribution in [2.24, 2.45) is 5.41 Å². The topological polar surface area (TPSA) is 81.5 Å². The molecule has 0 unspecified atom stereocenters. The molecule has 21 heavy (non-hydrogen) atoms. The zero-order chi connectivity index (χ0) is 15.5. The maximum atomic E-state index is 12.2.